The summed E-state index contributed by atoms with van der Waals surface area (Å²) in [5, 5.41) is 10.4. The third-order valence-corrected chi connectivity index (χ3v) is 3.59. The molecule has 0 bridgehead atoms. The molecular formula is C14H19FO. The standard InChI is InChI=1S/C14H19FO/c1-10(2)12-9-11(5-6-13(12)15)14(16)7-3-4-8-14/h5-6,9-10,16H,3-4,7-8H2,1-2H3. The third kappa shape index (κ3) is 1.99. The Morgan fingerprint density at radius 1 is 1.25 bits per heavy atom. The van der Waals surface area contributed by atoms with E-state index < -0.39 is 5.60 Å². The second-order valence-corrected chi connectivity index (χ2v) is 5.13. The van der Waals surface area contributed by atoms with Crippen LogP contribution in [0.2, 0.25) is 0 Å². The van der Waals surface area contributed by atoms with Crippen molar-refractivity contribution in [3.8, 4) is 0 Å². The first kappa shape index (κ1) is 11.6. The average Bonchev–Trinajstić information content (AvgIpc) is 2.66. The van der Waals surface area contributed by atoms with Gasteiger partial charge in [-0.15, -0.1) is 0 Å². The van der Waals surface area contributed by atoms with Crippen LogP contribution in [-0.2, 0) is 5.60 Å². The highest BCUT2D eigenvalue weighted by Gasteiger charge is 2.33. The molecule has 0 spiro atoms. The lowest BCUT2D eigenvalue weighted by molar-refractivity contribution is 0.0443. The van der Waals surface area contributed by atoms with E-state index in [0.29, 0.717) is 5.56 Å². The Kier molecular flexibility index (Phi) is 3.02. The molecule has 1 aliphatic rings. The molecule has 0 radical (unpaired) electrons. The molecular weight excluding hydrogens is 203 g/mol. The fourth-order valence-corrected chi connectivity index (χ4v) is 2.52. The van der Waals surface area contributed by atoms with Gasteiger partial charge in [0, 0.05) is 0 Å². The molecule has 0 unspecified atom stereocenters. The Morgan fingerprint density at radius 2 is 1.88 bits per heavy atom. The molecule has 0 atom stereocenters. The van der Waals surface area contributed by atoms with Crippen LogP contribution in [0.3, 0.4) is 0 Å². The molecule has 1 fully saturated rings. The average molecular weight is 222 g/mol. The summed E-state index contributed by atoms with van der Waals surface area (Å²) < 4.78 is 13.6. The molecule has 1 nitrogen and oxygen atoms in total. The van der Waals surface area contributed by atoms with Gasteiger partial charge in [0.25, 0.3) is 0 Å². The Morgan fingerprint density at radius 3 is 2.44 bits per heavy atom. The zero-order chi connectivity index (χ0) is 11.8. The first-order chi connectivity index (χ1) is 7.53. The fourth-order valence-electron chi connectivity index (χ4n) is 2.52. The lowest BCUT2D eigenvalue weighted by Crippen LogP contribution is -2.21. The van der Waals surface area contributed by atoms with Crippen molar-refractivity contribution in [2.75, 3.05) is 0 Å². The van der Waals surface area contributed by atoms with Gasteiger partial charge in [-0.25, -0.2) is 4.39 Å². The zero-order valence-corrected chi connectivity index (χ0v) is 9.96. The Labute approximate surface area is 96.3 Å². The van der Waals surface area contributed by atoms with Crippen molar-refractivity contribution in [2.24, 2.45) is 0 Å². The lowest BCUT2D eigenvalue weighted by Gasteiger charge is -2.24. The van der Waals surface area contributed by atoms with Gasteiger partial charge in [0.05, 0.1) is 5.60 Å². The van der Waals surface area contributed by atoms with E-state index in [-0.39, 0.29) is 11.7 Å². The molecule has 0 saturated heterocycles. The molecule has 1 aliphatic carbocycles. The summed E-state index contributed by atoms with van der Waals surface area (Å²) in [7, 11) is 0. The van der Waals surface area contributed by atoms with Gasteiger partial charge in [-0.05, 0) is 42.0 Å². The molecule has 0 heterocycles. The van der Waals surface area contributed by atoms with Crippen LogP contribution in [0.5, 0.6) is 0 Å². The second kappa shape index (κ2) is 4.17. The van der Waals surface area contributed by atoms with E-state index in [4.69, 9.17) is 0 Å². The van der Waals surface area contributed by atoms with Crippen LogP contribution < -0.4 is 0 Å². The molecule has 1 saturated carbocycles. The van der Waals surface area contributed by atoms with Gasteiger partial charge in [-0.2, -0.15) is 0 Å². The summed E-state index contributed by atoms with van der Waals surface area (Å²) >= 11 is 0. The van der Waals surface area contributed by atoms with E-state index in [9.17, 15) is 9.50 Å². The van der Waals surface area contributed by atoms with Crippen LogP contribution in [-0.4, -0.2) is 5.11 Å². The molecule has 0 aromatic heterocycles. The maximum absolute atomic E-state index is 13.6. The zero-order valence-electron chi connectivity index (χ0n) is 9.96. The number of hydrogen-bond acceptors (Lipinski definition) is 1. The molecule has 0 aliphatic heterocycles. The largest absolute Gasteiger partial charge is 0.385 e. The molecule has 0 amide bonds. The van der Waals surface area contributed by atoms with Crippen molar-refractivity contribution in [3.63, 3.8) is 0 Å². The maximum Gasteiger partial charge on any atom is 0.126 e. The summed E-state index contributed by atoms with van der Waals surface area (Å²) in [5.41, 5.74) is 0.880. The minimum Gasteiger partial charge on any atom is -0.385 e. The van der Waals surface area contributed by atoms with Gasteiger partial charge >= 0.3 is 0 Å². The van der Waals surface area contributed by atoms with E-state index in [2.05, 4.69) is 0 Å². The number of benzene rings is 1. The highest BCUT2D eigenvalue weighted by atomic mass is 19.1. The van der Waals surface area contributed by atoms with Crippen molar-refractivity contribution in [1.29, 1.82) is 0 Å². The topological polar surface area (TPSA) is 20.2 Å². The smallest absolute Gasteiger partial charge is 0.126 e. The molecule has 1 N–H and O–H groups in total. The van der Waals surface area contributed by atoms with Crippen LogP contribution in [0.4, 0.5) is 4.39 Å². The first-order valence-corrected chi connectivity index (χ1v) is 6.05. The van der Waals surface area contributed by atoms with Crippen LogP contribution in [0.25, 0.3) is 0 Å². The van der Waals surface area contributed by atoms with Crippen LogP contribution in [0.1, 0.15) is 56.6 Å². The van der Waals surface area contributed by atoms with Crippen molar-refractivity contribution in [2.45, 2.75) is 51.0 Å². The van der Waals surface area contributed by atoms with E-state index in [1.165, 1.54) is 6.07 Å². The molecule has 88 valence electrons. The van der Waals surface area contributed by atoms with Crippen LogP contribution in [0, 0.1) is 5.82 Å². The maximum atomic E-state index is 13.6. The van der Waals surface area contributed by atoms with Gasteiger partial charge in [0.1, 0.15) is 5.82 Å². The highest BCUT2D eigenvalue weighted by Crippen LogP contribution is 2.39. The number of halogens is 1. The van der Waals surface area contributed by atoms with Crippen molar-refractivity contribution in [3.05, 3.63) is 35.1 Å². The number of aliphatic hydroxyl groups is 1. The summed E-state index contributed by atoms with van der Waals surface area (Å²) in [4.78, 5) is 0. The van der Waals surface area contributed by atoms with Crippen molar-refractivity contribution >= 4 is 0 Å². The van der Waals surface area contributed by atoms with Gasteiger partial charge < -0.3 is 5.11 Å². The SMILES string of the molecule is CC(C)c1cc(C2(O)CCCC2)ccc1F. The lowest BCUT2D eigenvalue weighted by atomic mass is 9.89. The molecule has 16 heavy (non-hydrogen) atoms. The van der Waals surface area contributed by atoms with Gasteiger partial charge in [-0.3, -0.25) is 0 Å². The summed E-state index contributed by atoms with van der Waals surface area (Å²) in [6.07, 6.45) is 3.72. The minimum atomic E-state index is -0.711. The summed E-state index contributed by atoms with van der Waals surface area (Å²) in [5.74, 6) is -0.00898. The molecule has 1 aromatic carbocycles. The minimum absolute atomic E-state index is 0.157. The molecule has 2 rings (SSSR count). The van der Waals surface area contributed by atoms with Gasteiger partial charge in [0.15, 0.2) is 0 Å². The monoisotopic (exact) mass is 222 g/mol. The fraction of sp³-hybridized carbons (Fsp3) is 0.571. The molecule has 1 aromatic rings. The third-order valence-electron chi connectivity index (χ3n) is 3.59. The molecule has 2 heteroatoms. The van der Waals surface area contributed by atoms with Gasteiger partial charge in [-0.1, -0.05) is 32.8 Å². The van der Waals surface area contributed by atoms with Crippen LogP contribution >= 0.6 is 0 Å². The van der Waals surface area contributed by atoms with E-state index >= 15 is 0 Å². The first-order valence-electron chi connectivity index (χ1n) is 6.05. The van der Waals surface area contributed by atoms with E-state index in [0.717, 1.165) is 31.2 Å². The van der Waals surface area contributed by atoms with E-state index in [1.807, 2.05) is 19.9 Å². The van der Waals surface area contributed by atoms with E-state index in [1.54, 1.807) is 6.07 Å². The summed E-state index contributed by atoms with van der Waals surface area (Å²) in [6, 6.07) is 5.05. The highest BCUT2D eigenvalue weighted by molar-refractivity contribution is 5.31. The quantitative estimate of drug-likeness (QED) is 0.808. The van der Waals surface area contributed by atoms with Crippen molar-refractivity contribution in [1.82, 2.24) is 0 Å². The predicted molar refractivity (Wildman–Crippen MR) is 62.9 cm³/mol. The van der Waals surface area contributed by atoms with Gasteiger partial charge in [0.2, 0.25) is 0 Å². The summed E-state index contributed by atoms with van der Waals surface area (Å²) in [6.45, 7) is 3.95. The predicted octanol–water partition coefficient (Wildman–Crippen LogP) is 3.71. The number of hydrogen-bond donors (Lipinski definition) is 1. The Balaban J connectivity index is 2.39. The number of rotatable bonds is 2. The Hall–Kier alpha value is -0.890. The van der Waals surface area contributed by atoms with Crippen molar-refractivity contribution < 1.29 is 9.50 Å². The Bertz CT molecular complexity index is 378. The second-order valence-electron chi connectivity index (χ2n) is 5.13. The normalized spacial score (nSPS) is 19.3. The van der Waals surface area contributed by atoms with Crippen LogP contribution in [0.15, 0.2) is 18.2 Å².